The minimum absolute atomic E-state index is 0.0550. The summed E-state index contributed by atoms with van der Waals surface area (Å²) in [6.07, 6.45) is -2.59. The molecule has 2 aromatic heterocycles. The summed E-state index contributed by atoms with van der Waals surface area (Å²) < 4.78 is 62.3. The molecule has 0 unspecified atom stereocenters. The molecule has 1 aromatic carbocycles. The molecule has 11 heteroatoms. The number of hydrogen-bond acceptors (Lipinski definition) is 7. The van der Waals surface area contributed by atoms with Crippen LogP contribution in [-0.4, -0.2) is 71.8 Å². The van der Waals surface area contributed by atoms with Crippen LogP contribution >= 0.6 is 0 Å². The molecule has 7 nitrogen and oxygen atoms in total. The Balaban J connectivity index is 1.62. The van der Waals surface area contributed by atoms with Gasteiger partial charge >= 0.3 is 12.2 Å². The third-order valence-corrected chi connectivity index (χ3v) is 6.94. The number of nitrogens with zero attached hydrogens (tertiary/aromatic N) is 5. The van der Waals surface area contributed by atoms with Gasteiger partial charge in [-0.1, -0.05) is 18.2 Å². The summed E-state index contributed by atoms with van der Waals surface area (Å²) in [5.41, 5.74) is -1.61. The number of ether oxygens (including phenoxy) is 1. The van der Waals surface area contributed by atoms with Crippen molar-refractivity contribution in [1.82, 2.24) is 25.2 Å². The number of anilines is 1. The monoisotopic (exact) mass is 504 g/mol. The number of rotatable bonds is 5. The average molecular weight is 505 g/mol. The topological polar surface area (TPSA) is 66.4 Å². The molecule has 0 radical (unpaired) electrons. The summed E-state index contributed by atoms with van der Waals surface area (Å²) in [5.74, 6) is -0.404. The highest BCUT2D eigenvalue weighted by Gasteiger charge is 2.35. The van der Waals surface area contributed by atoms with Crippen molar-refractivity contribution in [2.24, 2.45) is 0 Å². The Morgan fingerprint density at radius 3 is 2.67 bits per heavy atom. The van der Waals surface area contributed by atoms with Gasteiger partial charge in [0, 0.05) is 37.3 Å². The minimum atomic E-state index is -4.66. The lowest BCUT2D eigenvalue weighted by Gasteiger charge is -2.35. The third-order valence-electron chi connectivity index (χ3n) is 6.94. The molecule has 0 spiro atoms. The SMILES string of the molecule is C[C@@H]1CNCCN1c1nc(OC[C@@H]2CCCN2C)nc2nc(-c3ccccc3C(F)(F)F)c(F)cc12. The highest BCUT2D eigenvalue weighted by molar-refractivity contribution is 5.89. The van der Waals surface area contributed by atoms with Gasteiger partial charge in [0.05, 0.1) is 10.9 Å². The zero-order valence-electron chi connectivity index (χ0n) is 20.1. The molecule has 36 heavy (non-hydrogen) atoms. The van der Waals surface area contributed by atoms with Crippen LogP contribution in [-0.2, 0) is 6.18 Å². The molecule has 0 amide bonds. The molecule has 3 aromatic rings. The molecule has 4 heterocycles. The second-order valence-corrected chi connectivity index (χ2v) is 9.40. The van der Waals surface area contributed by atoms with Gasteiger partial charge in [0.25, 0.3) is 0 Å². The van der Waals surface area contributed by atoms with Gasteiger partial charge in [-0.05, 0) is 45.5 Å². The predicted octanol–water partition coefficient (Wildman–Crippen LogP) is 4.12. The Hall–Kier alpha value is -3.05. The summed E-state index contributed by atoms with van der Waals surface area (Å²) in [4.78, 5) is 17.6. The number of pyridine rings is 1. The molecule has 2 aliphatic rings. The molecular weight excluding hydrogens is 476 g/mol. The summed E-state index contributed by atoms with van der Waals surface area (Å²) in [7, 11) is 2.03. The van der Waals surface area contributed by atoms with Crippen molar-refractivity contribution >= 4 is 16.9 Å². The van der Waals surface area contributed by atoms with Crippen molar-refractivity contribution in [3.05, 3.63) is 41.7 Å². The fourth-order valence-corrected chi connectivity index (χ4v) is 4.92. The van der Waals surface area contributed by atoms with Gasteiger partial charge in [-0.15, -0.1) is 0 Å². The van der Waals surface area contributed by atoms with Crippen LogP contribution in [0.3, 0.4) is 0 Å². The number of aromatic nitrogens is 3. The number of hydrogen-bond donors (Lipinski definition) is 1. The summed E-state index contributed by atoms with van der Waals surface area (Å²) >= 11 is 0. The van der Waals surface area contributed by atoms with Crippen molar-refractivity contribution in [1.29, 1.82) is 0 Å². The Bertz CT molecular complexity index is 1250. The molecule has 0 saturated carbocycles. The van der Waals surface area contributed by atoms with Crippen LogP contribution in [0.15, 0.2) is 30.3 Å². The molecule has 1 N–H and O–H groups in total. The number of piperazine rings is 1. The first kappa shape index (κ1) is 24.6. The first-order valence-electron chi connectivity index (χ1n) is 12.1. The Labute approximate surface area is 206 Å². The van der Waals surface area contributed by atoms with Gasteiger partial charge in [0.15, 0.2) is 5.65 Å². The van der Waals surface area contributed by atoms with E-state index >= 15 is 4.39 Å². The highest BCUT2D eigenvalue weighted by Crippen LogP contribution is 2.38. The number of nitrogens with one attached hydrogen (secondary N) is 1. The van der Waals surface area contributed by atoms with Gasteiger partial charge < -0.3 is 19.9 Å². The molecule has 0 bridgehead atoms. The fourth-order valence-electron chi connectivity index (χ4n) is 4.92. The second kappa shape index (κ2) is 9.78. The van der Waals surface area contributed by atoms with Crippen molar-refractivity contribution in [2.45, 2.75) is 38.0 Å². The number of alkyl halides is 3. The van der Waals surface area contributed by atoms with E-state index in [0.717, 1.165) is 25.5 Å². The molecule has 0 aliphatic carbocycles. The Kier molecular flexibility index (Phi) is 6.69. The summed E-state index contributed by atoms with van der Waals surface area (Å²) in [6.45, 7) is 5.43. The Morgan fingerprint density at radius 1 is 1.14 bits per heavy atom. The van der Waals surface area contributed by atoms with Crippen molar-refractivity contribution < 1.29 is 22.3 Å². The normalized spacial score (nSPS) is 21.3. The number of fused-ring (bicyclic) bond motifs is 1. The minimum Gasteiger partial charge on any atom is -0.462 e. The quantitative estimate of drug-likeness (QED) is 0.525. The highest BCUT2D eigenvalue weighted by atomic mass is 19.4. The van der Waals surface area contributed by atoms with Crippen LogP contribution in [0.5, 0.6) is 6.01 Å². The summed E-state index contributed by atoms with van der Waals surface area (Å²) in [5, 5.41) is 3.64. The lowest BCUT2D eigenvalue weighted by atomic mass is 10.0. The van der Waals surface area contributed by atoms with Gasteiger partial charge in [-0.2, -0.15) is 23.1 Å². The first-order chi connectivity index (χ1) is 17.2. The van der Waals surface area contributed by atoms with E-state index in [1.807, 2.05) is 18.9 Å². The number of halogens is 4. The van der Waals surface area contributed by atoms with Crippen LogP contribution in [0, 0.1) is 5.82 Å². The van der Waals surface area contributed by atoms with Gasteiger partial charge in [0.1, 0.15) is 23.9 Å². The van der Waals surface area contributed by atoms with Crippen LogP contribution in [0.2, 0.25) is 0 Å². The van der Waals surface area contributed by atoms with E-state index in [4.69, 9.17) is 4.74 Å². The van der Waals surface area contributed by atoms with Crippen LogP contribution in [0.25, 0.3) is 22.3 Å². The lowest BCUT2D eigenvalue weighted by molar-refractivity contribution is -0.137. The van der Waals surface area contributed by atoms with E-state index < -0.39 is 23.3 Å². The third kappa shape index (κ3) is 4.81. The maximum absolute atomic E-state index is 15.4. The van der Waals surface area contributed by atoms with Gasteiger partial charge in [0.2, 0.25) is 0 Å². The average Bonchev–Trinajstić information content (AvgIpc) is 3.26. The van der Waals surface area contributed by atoms with Crippen LogP contribution in [0.4, 0.5) is 23.4 Å². The van der Waals surface area contributed by atoms with Crippen molar-refractivity contribution in [3.63, 3.8) is 0 Å². The standard InChI is InChI=1S/C25H28F4N6O/c1-15-13-30-9-11-35(15)23-18-12-20(26)21(17-7-3-4-8-19(17)25(27,28)29)31-22(18)32-24(33-23)36-14-16-6-5-10-34(16)2/h3-4,7-8,12,15-16,30H,5-6,9-11,13-14H2,1-2H3/t15-,16+/m1/s1. The van der Waals surface area contributed by atoms with Gasteiger partial charge in [-0.3, -0.25) is 0 Å². The number of benzene rings is 1. The van der Waals surface area contributed by atoms with E-state index in [0.29, 0.717) is 37.4 Å². The molecule has 192 valence electrons. The molecule has 2 aliphatic heterocycles. The maximum atomic E-state index is 15.4. The smallest absolute Gasteiger partial charge is 0.417 e. The van der Waals surface area contributed by atoms with Crippen LogP contribution in [0.1, 0.15) is 25.3 Å². The van der Waals surface area contributed by atoms with E-state index in [1.165, 1.54) is 24.3 Å². The van der Waals surface area contributed by atoms with Gasteiger partial charge in [-0.25, -0.2) is 9.37 Å². The number of likely N-dealkylation sites (tertiary alicyclic amines) is 1. The summed E-state index contributed by atoms with van der Waals surface area (Å²) in [6, 6.07) is 6.37. The second-order valence-electron chi connectivity index (χ2n) is 9.40. The predicted molar refractivity (Wildman–Crippen MR) is 129 cm³/mol. The van der Waals surface area contributed by atoms with E-state index in [9.17, 15) is 13.2 Å². The van der Waals surface area contributed by atoms with Crippen molar-refractivity contribution in [2.75, 3.05) is 44.7 Å². The maximum Gasteiger partial charge on any atom is 0.417 e. The largest absolute Gasteiger partial charge is 0.462 e. The molecular formula is C25H28F4N6O. The van der Waals surface area contributed by atoms with E-state index in [2.05, 4.69) is 25.2 Å². The van der Waals surface area contributed by atoms with Crippen LogP contribution < -0.4 is 15.0 Å². The first-order valence-corrected chi connectivity index (χ1v) is 12.1. The zero-order valence-corrected chi connectivity index (χ0v) is 20.1. The van der Waals surface area contributed by atoms with E-state index in [-0.39, 0.29) is 29.3 Å². The zero-order chi connectivity index (χ0) is 25.4. The fraction of sp³-hybridized carbons (Fsp3) is 0.480. The van der Waals surface area contributed by atoms with E-state index in [1.54, 1.807) is 0 Å². The molecule has 2 fully saturated rings. The van der Waals surface area contributed by atoms with Crippen molar-refractivity contribution in [3.8, 4) is 17.3 Å². The Morgan fingerprint density at radius 2 is 1.94 bits per heavy atom. The molecule has 2 saturated heterocycles. The molecule has 2 atom stereocenters. The molecule has 5 rings (SSSR count). The lowest BCUT2D eigenvalue weighted by Crippen LogP contribution is -2.50. The number of likely N-dealkylation sites (N-methyl/N-ethyl adjacent to an activating group) is 1.